The first kappa shape index (κ1) is 17.3. The van der Waals surface area contributed by atoms with Gasteiger partial charge in [-0.3, -0.25) is 10.1 Å². The van der Waals surface area contributed by atoms with Crippen LogP contribution in [0.2, 0.25) is 0 Å². The maximum atomic E-state index is 14.0. The van der Waals surface area contributed by atoms with E-state index in [1.165, 1.54) is 6.07 Å². The Hall–Kier alpha value is -2.57. The fourth-order valence-corrected chi connectivity index (χ4v) is 2.77. The fraction of sp³-hybridized carbons (Fsp3) is 0.263. The summed E-state index contributed by atoms with van der Waals surface area (Å²) < 4.78 is 14.0. The van der Waals surface area contributed by atoms with Gasteiger partial charge >= 0.3 is 0 Å². The van der Waals surface area contributed by atoms with Gasteiger partial charge in [-0.25, -0.2) is 4.39 Å². The molecule has 1 unspecified atom stereocenters. The summed E-state index contributed by atoms with van der Waals surface area (Å²) >= 11 is 0. The summed E-state index contributed by atoms with van der Waals surface area (Å²) in [7, 11) is 0. The van der Waals surface area contributed by atoms with Gasteiger partial charge in [-0.1, -0.05) is 18.2 Å². The van der Waals surface area contributed by atoms with E-state index in [1.54, 1.807) is 30.6 Å². The van der Waals surface area contributed by atoms with Gasteiger partial charge in [0.25, 0.3) is 0 Å². The number of benzene rings is 1. The minimum Gasteiger partial charge on any atom is -0.396 e. The van der Waals surface area contributed by atoms with Crippen LogP contribution in [0.5, 0.6) is 0 Å². The molecule has 6 heteroatoms. The van der Waals surface area contributed by atoms with Crippen LogP contribution in [0.25, 0.3) is 11.3 Å². The maximum Gasteiger partial charge on any atom is 0.132 e. The van der Waals surface area contributed by atoms with Gasteiger partial charge in [0.15, 0.2) is 0 Å². The Morgan fingerprint density at radius 1 is 1.16 bits per heavy atom. The van der Waals surface area contributed by atoms with Gasteiger partial charge in [0.1, 0.15) is 5.82 Å². The Bertz CT molecular complexity index is 791. The molecule has 0 bridgehead atoms. The second-order valence-electron chi connectivity index (χ2n) is 5.95. The van der Waals surface area contributed by atoms with E-state index in [0.717, 1.165) is 11.3 Å². The van der Waals surface area contributed by atoms with Gasteiger partial charge in [-0.15, -0.1) is 0 Å². The van der Waals surface area contributed by atoms with E-state index in [4.69, 9.17) is 0 Å². The lowest BCUT2D eigenvalue weighted by Crippen LogP contribution is -2.26. The fourth-order valence-electron chi connectivity index (χ4n) is 2.77. The Kier molecular flexibility index (Phi) is 5.87. The second-order valence-corrected chi connectivity index (χ2v) is 5.95. The van der Waals surface area contributed by atoms with Crippen LogP contribution in [0, 0.1) is 11.7 Å². The minimum absolute atomic E-state index is 0.0683. The summed E-state index contributed by atoms with van der Waals surface area (Å²) in [5.41, 5.74) is 3.03. The van der Waals surface area contributed by atoms with Gasteiger partial charge in [0.2, 0.25) is 0 Å². The summed E-state index contributed by atoms with van der Waals surface area (Å²) in [6.45, 7) is 1.25. The highest BCUT2D eigenvalue weighted by molar-refractivity contribution is 5.63. The van der Waals surface area contributed by atoms with Crippen LogP contribution in [0.3, 0.4) is 0 Å². The first-order valence-corrected chi connectivity index (χ1v) is 8.26. The van der Waals surface area contributed by atoms with E-state index in [2.05, 4.69) is 20.5 Å². The van der Waals surface area contributed by atoms with Crippen LogP contribution in [-0.2, 0) is 13.0 Å². The van der Waals surface area contributed by atoms with Gasteiger partial charge in [-0.05, 0) is 36.6 Å². The molecule has 0 aliphatic rings. The van der Waals surface area contributed by atoms with E-state index < -0.39 is 0 Å². The molecule has 0 radical (unpaired) electrons. The summed E-state index contributed by atoms with van der Waals surface area (Å²) in [5, 5.41) is 19.8. The highest BCUT2D eigenvalue weighted by Gasteiger charge is 2.13. The number of aliphatic hydroxyl groups is 1. The highest BCUT2D eigenvalue weighted by atomic mass is 19.1. The van der Waals surface area contributed by atoms with Crippen molar-refractivity contribution in [3.8, 4) is 11.3 Å². The molecule has 1 atom stereocenters. The molecule has 25 heavy (non-hydrogen) atoms. The first-order valence-electron chi connectivity index (χ1n) is 8.26. The van der Waals surface area contributed by atoms with E-state index in [-0.39, 0.29) is 18.3 Å². The zero-order valence-corrected chi connectivity index (χ0v) is 13.8. The standard InChI is InChI=1S/C19H21FN4O/c20-18-7-2-1-6-17(18)19-15(12-23-24-19)11-21-10-14(13-25)9-16-5-3-4-8-22-16/h1-8,12,14,21,25H,9-11,13H2,(H,23,24). The van der Waals surface area contributed by atoms with Crippen molar-refractivity contribution in [2.75, 3.05) is 13.2 Å². The number of nitrogens with one attached hydrogen (secondary N) is 2. The molecule has 2 aromatic heterocycles. The zero-order valence-electron chi connectivity index (χ0n) is 13.8. The predicted molar refractivity (Wildman–Crippen MR) is 94.2 cm³/mol. The first-order chi connectivity index (χ1) is 12.3. The molecule has 130 valence electrons. The SMILES string of the molecule is OCC(CNCc1cn[nH]c1-c1ccccc1F)Cc1ccccn1. The molecule has 0 aliphatic heterocycles. The van der Waals surface area contributed by atoms with Crippen molar-refractivity contribution >= 4 is 0 Å². The summed E-state index contributed by atoms with van der Waals surface area (Å²) in [5.74, 6) is -0.213. The van der Waals surface area contributed by atoms with Crippen LogP contribution < -0.4 is 5.32 Å². The molecular formula is C19H21FN4O. The average molecular weight is 340 g/mol. The quantitative estimate of drug-likeness (QED) is 0.589. The average Bonchev–Trinajstić information content (AvgIpc) is 3.10. The van der Waals surface area contributed by atoms with Crippen LogP contribution in [0.15, 0.2) is 54.9 Å². The predicted octanol–water partition coefficient (Wildman–Crippen LogP) is 2.55. The molecule has 0 amide bonds. The number of aromatic nitrogens is 3. The molecule has 0 aliphatic carbocycles. The highest BCUT2D eigenvalue weighted by Crippen LogP contribution is 2.23. The Morgan fingerprint density at radius 3 is 2.76 bits per heavy atom. The molecule has 3 aromatic rings. The van der Waals surface area contributed by atoms with E-state index >= 15 is 0 Å². The molecule has 5 nitrogen and oxygen atoms in total. The molecular weight excluding hydrogens is 319 g/mol. The van der Waals surface area contributed by atoms with E-state index in [1.807, 2.05) is 18.2 Å². The third-order valence-electron chi connectivity index (χ3n) is 4.09. The zero-order chi connectivity index (χ0) is 17.5. The Morgan fingerprint density at radius 2 is 2.00 bits per heavy atom. The number of halogens is 1. The van der Waals surface area contributed by atoms with Crippen molar-refractivity contribution in [2.24, 2.45) is 5.92 Å². The van der Waals surface area contributed by atoms with Gasteiger partial charge < -0.3 is 10.4 Å². The van der Waals surface area contributed by atoms with E-state index in [9.17, 15) is 9.50 Å². The largest absolute Gasteiger partial charge is 0.396 e. The Balaban J connectivity index is 1.59. The molecule has 0 saturated carbocycles. The number of aliphatic hydroxyl groups excluding tert-OH is 1. The number of aromatic amines is 1. The summed E-state index contributed by atoms with van der Waals surface area (Å²) in [4.78, 5) is 4.29. The van der Waals surface area contributed by atoms with Crippen LogP contribution in [0.4, 0.5) is 4.39 Å². The van der Waals surface area contributed by atoms with Gasteiger partial charge in [0, 0.05) is 42.7 Å². The number of hydrogen-bond acceptors (Lipinski definition) is 4. The summed E-state index contributed by atoms with van der Waals surface area (Å²) in [6.07, 6.45) is 4.15. The number of pyridine rings is 1. The van der Waals surface area contributed by atoms with E-state index in [0.29, 0.717) is 30.8 Å². The molecule has 0 saturated heterocycles. The molecule has 0 fully saturated rings. The van der Waals surface area contributed by atoms with Crippen molar-refractivity contribution in [1.29, 1.82) is 0 Å². The lowest BCUT2D eigenvalue weighted by molar-refractivity contribution is 0.220. The minimum atomic E-state index is -0.281. The number of hydrogen-bond donors (Lipinski definition) is 3. The van der Waals surface area contributed by atoms with Crippen molar-refractivity contribution < 1.29 is 9.50 Å². The lowest BCUT2D eigenvalue weighted by Gasteiger charge is -2.15. The lowest BCUT2D eigenvalue weighted by atomic mass is 10.0. The van der Waals surface area contributed by atoms with Crippen molar-refractivity contribution in [3.63, 3.8) is 0 Å². The molecule has 0 spiro atoms. The third kappa shape index (κ3) is 4.49. The van der Waals surface area contributed by atoms with Gasteiger partial charge in [0.05, 0.1) is 11.9 Å². The van der Waals surface area contributed by atoms with Crippen molar-refractivity contribution in [2.45, 2.75) is 13.0 Å². The van der Waals surface area contributed by atoms with Crippen molar-refractivity contribution in [1.82, 2.24) is 20.5 Å². The maximum absolute atomic E-state index is 14.0. The molecule has 2 heterocycles. The third-order valence-corrected chi connectivity index (χ3v) is 4.09. The normalized spacial score (nSPS) is 12.2. The smallest absolute Gasteiger partial charge is 0.132 e. The number of rotatable bonds is 8. The van der Waals surface area contributed by atoms with Gasteiger partial charge in [-0.2, -0.15) is 5.10 Å². The Labute approximate surface area is 145 Å². The number of H-pyrrole nitrogens is 1. The monoisotopic (exact) mass is 340 g/mol. The van der Waals surface area contributed by atoms with Crippen LogP contribution in [-0.4, -0.2) is 33.4 Å². The van der Waals surface area contributed by atoms with Crippen LogP contribution in [0.1, 0.15) is 11.3 Å². The molecule has 3 rings (SSSR count). The molecule has 3 N–H and O–H groups in total. The summed E-state index contributed by atoms with van der Waals surface area (Å²) in [6, 6.07) is 12.4. The topological polar surface area (TPSA) is 73.8 Å². The van der Waals surface area contributed by atoms with Crippen LogP contribution >= 0.6 is 0 Å². The van der Waals surface area contributed by atoms with Crippen molar-refractivity contribution in [3.05, 3.63) is 71.9 Å². The molecule has 1 aromatic carbocycles. The second kappa shape index (κ2) is 8.50. The number of nitrogens with zero attached hydrogens (tertiary/aromatic N) is 2.